The monoisotopic (exact) mass is 138 g/mol. The molecule has 0 aromatic carbocycles. The maximum atomic E-state index is 5.06. The Kier molecular flexibility index (Phi) is 1.86. The second kappa shape index (κ2) is 2.65. The van der Waals surface area contributed by atoms with E-state index in [4.69, 9.17) is 10.8 Å². The third-order valence-corrected chi connectivity index (χ3v) is 1.74. The average Bonchev–Trinajstić information content (AvgIpc) is 2.18. The topological polar surface area (TPSA) is 13.1 Å². The predicted molar refractivity (Wildman–Crippen MR) is 38.1 cm³/mol. The maximum absolute atomic E-state index is 5.06. The van der Waals surface area contributed by atoms with Crippen molar-refractivity contribution in [1.82, 2.24) is 0 Å². The Labute approximate surface area is 58.4 Å². The van der Waals surface area contributed by atoms with Crippen LogP contribution in [0.2, 0.25) is 0 Å². The van der Waals surface area contributed by atoms with Crippen LogP contribution in [-0.4, -0.2) is 0 Å². The average molecular weight is 138 g/mol. The quantitative estimate of drug-likeness (QED) is 0.436. The van der Waals surface area contributed by atoms with Crippen molar-refractivity contribution in [3.63, 3.8) is 0 Å². The smallest absolute Gasteiger partial charge is 0.115 e. The Hall–Kier alpha value is -0.810. The van der Waals surface area contributed by atoms with Gasteiger partial charge in [-0.2, -0.15) is 0 Å². The van der Waals surface area contributed by atoms with Gasteiger partial charge in [0.2, 0.25) is 0 Å². The van der Waals surface area contributed by atoms with E-state index in [1.165, 1.54) is 11.8 Å². The Balaban J connectivity index is 2.84. The standard InChI is InChI=1S/C7H6OS/c1-3-9-7-4-5-8-6(7)2/h1,4-5H,2H3. The van der Waals surface area contributed by atoms with Crippen LogP contribution in [0.3, 0.4) is 0 Å². The molecule has 0 saturated carbocycles. The Morgan fingerprint density at radius 2 is 2.56 bits per heavy atom. The minimum absolute atomic E-state index is 0.887. The van der Waals surface area contributed by atoms with Gasteiger partial charge in [0.05, 0.1) is 11.2 Å². The van der Waals surface area contributed by atoms with Gasteiger partial charge in [-0.25, -0.2) is 0 Å². The molecule has 1 heterocycles. The number of aryl methyl sites for hydroxylation is 1. The normalized spacial score (nSPS) is 8.89. The van der Waals surface area contributed by atoms with Gasteiger partial charge < -0.3 is 4.42 Å². The lowest BCUT2D eigenvalue weighted by atomic mass is 10.5. The largest absolute Gasteiger partial charge is 0.468 e. The van der Waals surface area contributed by atoms with Crippen molar-refractivity contribution in [3.8, 4) is 11.7 Å². The summed E-state index contributed by atoms with van der Waals surface area (Å²) in [5.41, 5.74) is 0. The van der Waals surface area contributed by atoms with E-state index >= 15 is 0 Å². The summed E-state index contributed by atoms with van der Waals surface area (Å²) < 4.78 is 5.00. The van der Waals surface area contributed by atoms with Crippen LogP contribution in [0.5, 0.6) is 0 Å². The second-order valence-electron chi connectivity index (χ2n) is 1.56. The Morgan fingerprint density at radius 3 is 3.00 bits per heavy atom. The van der Waals surface area contributed by atoms with Gasteiger partial charge in [-0.1, -0.05) is 0 Å². The summed E-state index contributed by atoms with van der Waals surface area (Å²) >= 11 is 1.34. The van der Waals surface area contributed by atoms with Crippen LogP contribution in [0, 0.1) is 18.6 Å². The lowest BCUT2D eigenvalue weighted by Gasteiger charge is -1.85. The van der Waals surface area contributed by atoms with Gasteiger partial charge in [0.15, 0.2) is 0 Å². The highest BCUT2D eigenvalue weighted by Crippen LogP contribution is 2.21. The molecular formula is C7H6OS. The van der Waals surface area contributed by atoms with E-state index in [9.17, 15) is 0 Å². The van der Waals surface area contributed by atoms with Crippen molar-refractivity contribution < 1.29 is 4.42 Å². The highest BCUT2D eigenvalue weighted by Gasteiger charge is 1.97. The van der Waals surface area contributed by atoms with E-state index in [-0.39, 0.29) is 0 Å². The van der Waals surface area contributed by atoms with E-state index in [1.54, 1.807) is 6.26 Å². The van der Waals surface area contributed by atoms with E-state index in [2.05, 4.69) is 5.25 Å². The first-order valence-electron chi connectivity index (χ1n) is 2.51. The number of hydrogen-bond acceptors (Lipinski definition) is 2. The molecule has 0 radical (unpaired) electrons. The predicted octanol–water partition coefficient (Wildman–Crippen LogP) is 2.27. The number of furan rings is 1. The first kappa shape index (κ1) is 6.31. The summed E-state index contributed by atoms with van der Waals surface area (Å²) in [7, 11) is 0. The minimum atomic E-state index is 0.887. The van der Waals surface area contributed by atoms with Gasteiger partial charge in [0, 0.05) is 0 Å². The van der Waals surface area contributed by atoms with Crippen LogP contribution in [0.4, 0.5) is 0 Å². The van der Waals surface area contributed by atoms with Gasteiger partial charge >= 0.3 is 0 Å². The summed E-state index contributed by atoms with van der Waals surface area (Å²) in [6.07, 6.45) is 6.69. The molecule has 0 fully saturated rings. The van der Waals surface area contributed by atoms with Crippen molar-refractivity contribution >= 4 is 11.8 Å². The van der Waals surface area contributed by atoms with Crippen molar-refractivity contribution in [3.05, 3.63) is 18.1 Å². The second-order valence-corrected chi connectivity index (χ2v) is 2.44. The molecule has 1 aromatic rings. The highest BCUT2D eigenvalue weighted by atomic mass is 32.2. The van der Waals surface area contributed by atoms with Crippen LogP contribution >= 0.6 is 11.8 Å². The number of rotatable bonds is 1. The molecule has 9 heavy (non-hydrogen) atoms. The highest BCUT2D eigenvalue weighted by molar-refractivity contribution is 8.04. The van der Waals surface area contributed by atoms with Gasteiger partial charge in [0.25, 0.3) is 0 Å². The first-order chi connectivity index (χ1) is 4.34. The van der Waals surface area contributed by atoms with Crippen molar-refractivity contribution in [2.75, 3.05) is 0 Å². The summed E-state index contributed by atoms with van der Waals surface area (Å²) in [4.78, 5) is 1.03. The molecule has 1 aromatic heterocycles. The molecule has 2 heteroatoms. The summed E-state index contributed by atoms with van der Waals surface area (Å²) in [6, 6.07) is 1.86. The molecule has 1 rings (SSSR count). The maximum Gasteiger partial charge on any atom is 0.115 e. The van der Waals surface area contributed by atoms with Crippen molar-refractivity contribution in [2.24, 2.45) is 0 Å². The molecule has 46 valence electrons. The molecule has 1 nitrogen and oxygen atoms in total. The molecular weight excluding hydrogens is 132 g/mol. The Bertz CT molecular complexity index is 231. The van der Waals surface area contributed by atoms with Gasteiger partial charge in [-0.05, 0) is 30.0 Å². The molecule has 0 spiro atoms. The molecule has 0 saturated heterocycles. The molecule has 0 aliphatic rings. The van der Waals surface area contributed by atoms with E-state index in [0.717, 1.165) is 10.7 Å². The van der Waals surface area contributed by atoms with Crippen LogP contribution in [0.25, 0.3) is 0 Å². The van der Waals surface area contributed by atoms with Crippen LogP contribution in [-0.2, 0) is 0 Å². The summed E-state index contributed by atoms with van der Waals surface area (Å²) in [5, 5.41) is 2.47. The zero-order valence-electron chi connectivity index (χ0n) is 5.05. The van der Waals surface area contributed by atoms with Crippen molar-refractivity contribution in [1.29, 1.82) is 0 Å². The third kappa shape index (κ3) is 1.30. The SMILES string of the molecule is C#CSc1ccoc1C. The molecule has 0 unspecified atom stereocenters. The van der Waals surface area contributed by atoms with E-state index in [1.807, 2.05) is 13.0 Å². The van der Waals surface area contributed by atoms with Crippen molar-refractivity contribution in [2.45, 2.75) is 11.8 Å². The van der Waals surface area contributed by atoms with Gasteiger partial charge in [-0.15, -0.1) is 6.42 Å². The van der Waals surface area contributed by atoms with E-state index < -0.39 is 0 Å². The molecule has 0 aliphatic carbocycles. The zero-order valence-corrected chi connectivity index (χ0v) is 5.87. The fraction of sp³-hybridized carbons (Fsp3) is 0.143. The number of hydrogen-bond donors (Lipinski definition) is 0. The lowest BCUT2D eigenvalue weighted by molar-refractivity contribution is 0.527. The molecule has 0 bridgehead atoms. The molecule has 0 amide bonds. The first-order valence-corrected chi connectivity index (χ1v) is 3.33. The van der Waals surface area contributed by atoms with Crippen LogP contribution in [0.15, 0.2) is 21.6 Å². The van der Waals surface area contributed by atoms with Gasteiger partial charge in [-0.3, -0.25) is 0 Å². The fourth-order valence-electron chi connectivity index (χ4n) is 0.543. The lowest BCUT2D eigenvalue weighted by Crippen LogP contribution is -1.63. The third-order valence-electron chi connectivity index (χ3n) is 0.980. The van der Waals surface area contributed by atoms with E-state index in [0.29, 0.717) is 0 Å². The molecule has 0 atom stereocenters. The minimum Gasteiger partial charge on any atom is -0.468 e. The van der Waals surface area contributed by atoms with Crippen LogP contribution in [0.1, 0.15) is 5.76 Å². The zero-order chi connectivity index (χ0) is 6.69. The molecule has 0 N–H and O–H groups in total. The number of thioether (sulfide) groups is 1. The Morgan fingerprint density at radius 1 is 1.78 bits per heavy atom. The summed E-state index contributed by atoms with van der Waals surface area (Å²) in [5.74, 6) is 0.887. The number of terminal acetylenes is 1. The van der Waals surface area contributed by atoms with Crippen LogP contribution < -0.4 is 0 Å². The van der Waals surface area contributed by atoms with Gasteiger partial charge in [0.1, 0.15) is 5.76 Å². The fourth-order valence-corrected chi connectivity index (χ4v) is 0.985. The summed E-state index contributed by atoms with van der Waals surface area (Å²) in [6.45, 7) is 1.89. The molecule has 0 aliphatic heterocycles.